The van der Waals surface area contributed by atoms with Crippen LogP contribution in [0.2, 0.25) is 0 Å². The highest BCUT2D eigenvalue weighted by molar-refractivity contribution is 5.73. The van der Waals surface area contributed by atoms with Crippen molar-refractivity contribution in [3.63, 3.8) is 0 Å². The number of aldehydes is 1. The summed E-state index contributed by atoms with van der Waals surface area (Å²) in [5, 5.41) is 9.14. The molecule has 0 saturated carbocycles. The predicted octanol–water partition coefficient (Wildman–Crippen LogP) is 3.31. The van der Waals surface area contributed by atoms with Gasteiger partial charge >= 0.3 is 0 Å². The monoisotopic (exact) mass is 328 g/mol. The number of methoxy groups -OCH3 is 1. The summed E-state index contributed by atoms with van der Waals surface area (Å²) < 4.78 is 5.65. The fourth-order valence-electron chi connectivity index (χ4n) is 3.94. The van der Waals surface area contributed by atoms with Gasteiger partial charge in [-0.25, -0.2) is 0 Å². The molecular formula is C20H28N2O2. The third-order valence-corrected chi connectivity index (χ3v) is 6.01. The van der Waals surface area contributed by atoms with Crippen LogP contribution >= 0.6 is 0 Å². The topological polar surface area (TPSA) is 76.1 Å². The lowest BCUT2D eigenvalue weighted by Gasteiger charge is -2.38. The van der Waals surface area contributed by atoms with Crippen molar-refractivity contribution in [2.75, 3.05) is 7.11 Å². The second-order valence-corrected chi connectivity index (χ2v) is 7.41. The van der Waals surface area contributed by atoms with Crippen LogP contribution in [0.25, 0.3) is 0 Å². The molecule has 0 fully saturated rings. The van der Waals surface area contributed by atoms with Crippen molar-refractivity contribution in [2.24, 2.45) is 17.1 Å². The normalized spacial score (nSPS) is 28.0. The summed E-state index contributed by atoms with van der Waals surface area (Å²) >= 11 is 0. The molecule has 1 aromatic carbocycles. The van der Waals surface area contributed by atoms with Crippen LogP contribution in [0.1, 0.15) is 56.7 Å². The van der Waals surface area contributed by atoms with Crippen LogP contribution in [-0.4, -0.2) is 19.5 Å². The molecule has 4 atom stereocenters. The molecule has 2 rings (SSSR count). The number of ether oxygens (including phenoxy) is 1. The number of benzene rings is 1. The van der Waals surface area contributed by atoms with E-state index in [1.165, 1.54) is 0 Å². The van der Waals surface area contributed by atoms with Crippen molar-refractivity contribution in [2.45, 2.75) is 58.1 Å². The number of nitriles is 1. The van der Waals surface area contributed by atoms with Crippen molar-refractivity contribution in [3.05, 3.63) is 34.9 Å². The summed E-state index contributed by atoms with van der Waals surface area (Å²) in [6, 6.07) is 7.65. The molecule has 0 heterocycles. The zero-order valence-electron chi connectivity index (χ0n) is 15.1. The molecule has 0 unspecified atom stereocenters. The third kappa shape index (κ3) is 2.99. The predicted molar refractivity (Wildman–Crippen MR) is 94.4 cm³/mol. The van der Waals surface area contributed by atoms with Gasteiger partial charge in [0.1, 0.15) is 11.8 Å². The number of hydrogen-bond acceptors (Lipinski definition) is 4. The second-order valence-electron chi connectivity index (χ2n) is 7.41. The van der Waals surface area contributed by atoms with Gasteiger partial charge in [0.05, 0.1) is 17.7 Å². The largest absolute Gasteiger partial charge is 0.381 e. The lowest BCUT2D eigenvalue weighted by atomic mass is 9.69. The molecule has 0 aromatic heterocycles. The number of nitrogens with zero attached hydrogens (tertiary/aromatic N) is 1. The van der Waals surface area contributed by atoms with Gasteiger partial charge in [0, 0.05) is 12.5 Å². The molecule has 1 aliphatic carbocycles. The molecule has 0 saturated heterocycles. The summed E-state index contributed by atoms with van der Waals surface area (Å²) in [5.41, 5.74) is 7.59. The van der Waals surface area contributed by atoms with E-state index >= 15 is 0 Å². The van der Waals surface area contributed by atoms with Gasteiger partial charge in [-0.15, -0.1) is 0 Å². The van der Waals surface area contributed by atoms with Crippen LogP contribution < -0.4 is 5.73 Å². The molecule has 0 spiro atoms. The fraction of sp³-hybridized carbons (Fsp3) is 0.600. The zero-order chi connectivity index (χ0) is 18.0. The molecule has 1 aromatic rings. The number of hydrogen-bond donors (Lipinski definition) is 1. The van der Waals surface area contributed by atoms with Gasteiger partial charge in [0.25, 0.3) is 0 Å². The Morgan fingerprint density at radius 3 is 2.75 bits per heavy atom. The van der Waals surface area contributed by atoms with Crippen molar-refractivity contribution < 1.29 is 9.53 Å². The zero-order valence-corrected chi connectivity index (χ0v) is 15.1. The first-order valence-electron chi connectivity index (χ1n) is 8.66. The molecule has 1 aliphatic rings. The van der Waals surface area contributed by atoms with Crippen molar-refractivity contribution in [1.29, 1.82) is 5.26 Å². The first-order valence-corrected chi connectivity index (χ1v) is 8.66. The number of carbonyl (C=O) groups excluding carboxylic acids is 1. The van der Waals surface area contributed by atoms with Crippen LogP contribution in [-0.2, 0) is 21.5 Å². The van der Waals surface area contributed by atoms with Gasteiger partial charge in [-0.1, -0.05) is 33.3 Å². The van der Waals surface area contributed by atoms with Crippen LogP contribution in [0.5, 0.6) is 0 Å². The molecule has 0 radical (unpaired) electrons. The van der Waals surface area contributed by atoms with Gasteiger partial charge in [0.2, 0.25) is 0 Å². The van der Waals surface area contributed by atoms with Crippen LogP contribution in [0, 0.1) is 22.7 Å². The first kappa shape index (κ1) is 18.6. The molecule has 24 heavy (non-hydrogen) atoms. The number of nitrogens with two attached hydrogens (primary N) is 1. The highest BCUT2D eigenvalue weighted by Gasteiger charge is 2.52. The van der Waals surface area contributed by atoms with Gasteiger partial charge < -0.3 is 15.3 Å². The first-order chi connectivity index (χ1) is 11.3. The number of carbonyl (C=O) groups is 1. The minimum Gasteiger partial charge on any atom is -0.381 e. The highest BCUT2D eigenvalue weighted by atomic mass is 16.5. The van der Waals surface area contributed by atoms with Crippen LogP contribution in [0.3, 0.4) is 0 Å². The summed E-state index contributed by atoms with van der Waals surface area (Å²) in [6.07, 6.45) is 4.52. The van der Waals surface area contributed by atoms with E-state index in [0.29, 0.717) is 11.5 Å². The molecule has 0 bridgehead atoms. The van der Waals surface area contributed by atoms with E-state index in [1.807, 2.05) is 6.07 Å². The smallest absolute Gasteiger partial charge is 0.144 e. The molecule has 0 aliphatic heterocycles. The fourth-order valence-corrected chi connectivity index (χ4v) is 3.94. The van der Waals surface area contributed by atoms with Gasteiger partial charge in [-0.05, 0) is 48.4 Å². The lowest BCUT2D eigenvalue weighted by Crippen LogP contribution is -2.50. The maximum atomic E-state index is 12.0. The Labute approximate surface area is 145 Å². The Hall–Kier alpha value is -1.70. The molecule has 4 heteroatoms. The van der Waals surface area contributed by atoms with Crippen LogP contribution in [0.15, 0.2) is 18.2 Å². The average molecular weight is 328 g/mol. The average Bonchev–Trinajstić information content (AvgIpc) is 2.82. The minimum absolute atomic E-state index is 0.168. The van der Waals surface area contributed by atoms with E-state index in [9.17, 15) is 4.79 Å². The van der Waals surface area contributed by atoms with E-state index in [4.69, 9.17) is 15.7 Å². The summed E-state index contributed by atoms with van der Waals surface area (Å²) in [6.45, 7) is 6.43. The van der Waals surface area contributed by atoms with E-state index in [2.05, 4.69) is 26.8 Å². The highest BCUT2D eigenvalue weighted by Crippen LogP contribution is 2.50. The molecule has 130 valence electrons. The van der Waals surface area contributed by atoms with Crippen LogP contribution in [0.4, 0.5) is 0 Å². The molecule has 2 N–H and O–H groups in total. The van der Waals surface area contributed by atoms with Crippen molar-refractivity contribution in [3.8, 4) is 6.07 Å². The lowest BCUT2D eigenvalue weighted by molar-refractivity contribution is -0.116. The SMILES string of the molecule is CC[C@H](C)[C@@H](CC[C@@]1(C)Cc2ccc(C#N)cc2[C@@]1(N)C=O)OC. The molecule has 4 nitrogen and oxygen atoms in total. The van der Waals surface area contributed by atoms with Gasteiger partial charge in [0.15, 0.2) is 0 Å². The Kier molecular flexibility index (Phi) is 5.47. The maximum Gasteiger partial charge on any atom is 0.144 e. The van der Waals surface area contributed by atoms with Gasteiger partial charge in [-0.3, -0.25) is 0 Å². The minimum atomic E-state index is -1.05. The summed E-state index contributed by atoms with van der Waals surface area (Å²) in [4.78, 5) is 12.0. The Morgan fingerprint density at radius 1 is 1.50 bits per heavy atom. The van der Waals surface area contributed by atoms with E-state index in [1.54, 1.807) is 19.2 Å². The number of rotatable bonds is 7. The third-order valence-electron chi connectivity index (χ3n) is 6.01. The maximum absolute atomic E-state index is 12.0. The number of fused-ring (bicyclic) bond motifs is 1. The second kappa shape index (κ2) is 7.04. The van der Waals surface area contributed by atoms with E-state index in [-0.39, 0.29) is 11.5 Å². The Balaban J connectivity index is 2.30. The van der Waals surface area contributed by atoms with E-state index < -0.39 is 5.54 Å². The van der Waals surface area contributed by atoms with Crippen molar-refractivity contribution >= 4 is 6.29 Å². The van der Waals surface area contributed by atoms with Crippen molar-refractivity contribution in [1.82, 2.24) is 0 Å². The van der Waals surface area contributed by atoms with E-state index in [0.717, 1.165) is 43.1 Å². The Morgan fingerprint density at radius 2 is 2.21 bits per heavy atom. The van der Waals surface area contributed by atoms with Gasteiger partial charge in [-0.2, -0.15) is 5.26 Å². The quantitative estimate of drug-likeness (QED) is 0.779. The summed E-state index contributed by atoms with van der Waals surface area (Å²) in [5.74, 6) is 0.468. The molecular weight excluding hydrogens is 300 g/mol. The Bertz CT molecular complexity index is 652. The summed E-state index contributed by atoms with van der Waals surface area (Å²) in [7, 11) is 1.75. The standard InChI is InChI=1S/C20H28N2O2/c1-5-14(2)18(24-4)8-9-19(3)11-16-7-6-15(12-21)10-17(16)20(19,22)13-23/h6-7,10,13-14,18H,5,8-9,11,22H2,1-4H3/t14-,18+,19-,20-/m0/s1. The molecule has 0 amide bonds.